The Morgan fingerprint density at radius 3 is 1.62 bits per heavy atom. The molecule has 0 aliphatic carbocycles. The topological polar surface area (TPSA) is 54.4 Å². The van der Waals surface area contributed by atoms with Crippen LogP contribution in [0.15, 0.2) is 30.3 Å². The molecule has 1 N–H and O–H groups in total. The van der Waals surface area contributed by atoms with Gasteiger partial charge in [-0.25, -0.2) is 0 Å². The van der Waals surface area contributed by atoms with Crippen LogP contribution in [-0.4, -0.2) is 31.5 Å². The quantitative estimate of drug-likeness (QED) is 0.361. The minimum absolute atomic E-state index is 0.712. The van der Waals surface area contributed by atoms with Crippen LogP contribution in [-0.2, 0) is 10.1 Å². The molecule has 1 aromatic rings. The first-order valence-electron chi connectivity index (χ1n) is 9.28. The van der Waals surface area contributed by atoms with E-state index in [1.54, 1.807) is 0 Å². The molecule has 5 heteroatoms. The van der Waals surface area contributed by atoms with Crippen molar-refractivity contribution in [3.8, 4) is 0 Å². The largest absolute Gasteiger partial charge is 0.307 e. The van der Waals surface area contributed by atoms with Crippen molar-refractivity contribution in [2.45, 2.75) is 64.3 Å². The smallest absolute Gasteiger partial charge is 0.282 e. The Hall–Kier alpha value is -0.440. The summed E-state index contributed by atoms with van der Waals surface area (Å²) in [4.78, 5) is -0.712. The lowest BCUT2D eigenvalue weighted by Gasteiger charge is -2.33. The van der Waals surface area contributed by atoms with E-state index >= 15 is 0 Å². The van der Waals surface area contributed by atoms with Crippen molar-refractivity contribution in [1.29, 1.82) is 0 Å². The molecule has 0 radical (unpaired) electrons. The summed E-state index contributed by atoms with van der Waals surface area (Å²) < 4.78 is 35.1. The van der Waals surface area contributed by atoms with Crippen LogP contribution in [0.3, 0.4) is 0 Å². The van der Waals surface area contributed by atoms with Crippen LogP contribution in [0.1, 0.15) is 69.9 Å². The van der Waals surface area contributed by atoms with Crippen LogP contribution in [0.25, 0.3) is 0 Å². The molecular weight excluding hydrogens is 339 g/mol. The van der Waals surface area contributed by atoms with Crippen molar-refractivity contribution >= 4 is 17.4 Å². The third-order valence-electron chi connectivity index (χ3n) is 4.74. The molecule has 0 aromatic heterocycles. The number of unbranched alkanes of at least 4 members (excludes halogenated alkanes) is 3. The standard InChI is InChI=1S/C19H33O3PS/c1-4-7-15-23(16-8-5-2,17-9-6-3)19(24(20,21)22)18-13-11-10-12-14-18/h10-14,19H,4-9,15-17H2,1-3H3/p+1. The van der Waals surface area contributed by atoms with Crippen molar-refractivity contribution in [3.05, 3.63) is 35.9 Å². The third kappa shape index (κ3) is 6.13. The van der Waals surface area contributed by atoms with Gasteiger partial charge in [0.05, 0.1) is 18.5 Å². The van der Waals surface area contributed by atoms with Gasteiger partial charge in [-0.05, 0) is 19.3 Å². The molecule has 1 unspecified atom stereocenters. The van der Waals surface area contributed by atoms with Gasteiger partial charge in [0.25, 0.3) is 0 Å². The fraction of sp³-hybridized carbons (Fsp3) is 0.684. The molecule has 0 aliphatic heterocycles. The SMILES string of the molecule is CCCC[P+](CCCC)(CCCC)C(c1ccccc1)S(=O)(=O)O. The van der Waals surface area contributed by atoms with Gasteiger partial charge >= 0.3 is 10.1 Å². The molecule has 0 spiro atoms. The van der Waals surface area contributed by atoms with Crippen molar-refractivity contribution in [2.24, 2.45) is 0 Å². The van der Waals surface area contributed by atoms with E-state index < -0.39 is 22.4 Å². The van der Waals surface area contributed by atoms with Crippen LogP contribution in [0.4, 0.5) is 0 Å². The first-order chi connectivity index (χ1) is 11.4. The highest BCUT2D eigenvalue weighted by molar-refractivity contribution is 7.98. The fourth-order valence-electron chi connectivity index (χ4n) is 3.49. The van der Waals surface area contributed by atoms with E-state index in [1.165, 1.54) is 0 Å². The molecule has 24 heavy (non-hydrogen) atoms. The molecular formula is C19H34O3PS+. The van der Waals surface area contributed by atoms with Gasteiger partial charge in [-0.3, -0.25) is 4.55 Å². The van der Waals surface area contributed by atoms with Crippen LogP contribution in [0.2, 0.25) is 0 Å². The van der Waals surface area contributed by atoms with Gasteiger partial charge in [-0.1, -0.05) is 70.4 Å². The molecule has 0 saturated carbocycles. The Balaban J connectivity index is 3.40. The Labute approximate surface area is 149 Å². The zero-order valence-corrected chi connectivity index (χ0v) is 17.2. The van der Waals surface area contributed by atoms with Crippen LogP contribution < -0.4 is 0 Å². The predicted molar refractivity (Wildman–Crippen MR) is 107 cm³/mol. The number of benzene rings is 1. The summed E-state index contributed by atoms with van der Waals surface area (Å²) in [5, 5.41) is 0. The second-order valence-electron chi connectivity index (χ2n) is 6.73. The summed E-state index contributed by atoms with van der Waals surface area (Å²) in [7, 11) is -5.95. The van der Waals surface area contributed by atoms with Gasteiger partial charge in [-0.2, -0.15) is 8.42 Å². The van der Waals surface area contributed by atoms with E-state index in [2.05, 4.69) is 20.8 Å². The highest BCUT2D eigenvalue weighted by Crippen LogP contribution is 2.72. The van der Waals surface area contributed by atoms with E-state index in [9.17, 15) is 13.0 Å². The number of hydrogen-bond acceptors (Lipinski definition) is 2. The lowest BCUT2D eigenvalue weighted by atomic mass is 10.2. The Kier molecular flexibility index (Phi) is 9.48. The van der Waals surface area contributed by atoms with Gasteiger partial charge in [-0.15, -0.1) is 0 Å². The van der Waals surface area contributed by atoms with Gasteiger partial charge < -0.3 is 0 Å². The Morgan fingerprint density at radius 1 is 0.875 bits per heavy atom. The van der Waals surface area contributed by atoms with Crippen molar-refractivity contribution in [1.82, 2.24) is 0 Å². The third-order valence-corrected chi connectivity index (χ3v) is 12.6. The number of hydrogen-bond donors (Lipinski definition) is 1. The maximum Gasteiger partial charge on any atom is 0.307 e. The van der Waals surface area contributed by atoms with E-state index in [-0.39, 0.29) is 0 Å². The average molecular weight is 374 g/mol. The summed E-state index contributed by atoms with van der Waals surface area (Å²) in [6.45, 7) is 6.46. The summed E-state index contributed by atoms with van der Waals surface area (Å²) in [6.07, 6.45) is 9.20. The van der Waals surface area contributed by atoms with E-state index in [4.69, 9.17) is 0 Å². The van der Waals surface area contributed by atoms with Gasteiger partial charge in [0.2, 0.25) is 4.99 Å². The lowest BCUT2D eigenvalue weighted by molar-refractivity contribution is 0.479. The van der Waals surface area contributed by atoms with Crippen LogP contribution in [0, 0.1) is 0 Å². The zero-order chi connectivity index (χ0) is 18.1. The molecule has 0 bridgehead atoms. The van der Waals surface area contributed by atoms with Gasteiger partial charge in [0, 0.05) is 12.8 Å². The molecule has 0 saturated heterocycles. The highest BCUT2D eigenvalue weighted by Gasteiger charge is 2.51. The van der Waals surface area contributed by atoms with E-state index in [0.717, 1.165) is 62.6 Å². The van der Waals surface area contributed by atoms with Crippen LogP contribution >= 0.6 is 7.26 Å². The molecule has 0 amide bonds. The summed E-state index contributed by atoms with van der Waals surface area (Å²) in [5.74, 6) is 0. The minimum Gasteiger partial charge on any atom is -0.282 e. The predicted octanol–water partition coefficient (Wildman–Crippen LogP) is 5.99. The molecule has 3 nitrogen and oxygen atoms in total. The maximum atomic E-state index is 12.5. The molecule has 138 valence electrons. The van der Waals surface area contributed by atoms with Crippen LogP contribution in [0.5, 0.6) is 0 Å². The Bertz CT molecular complexity index is 535. The Morgan fingerprint density at radius 2 is 1.29 bits per heavy atom. The highest BCUT2D eigenvalue weighted by atomic mass is 32.2. The zero-order valence-electron chi connectivity index (χ0n) is 15.4. The molecule has 1 rings (SSSR count). The van der Waals surface area contributed by atoms with E-state index in [1.807, 2.05) is 30.3 Å². The normalized spacial score (nSPS) is 13.8. The van der Waals surface area contributed by atoms with Gasteiger partial charge in [0.15, 0.2) is 0 Å². The summed E-state index contributed by atoms with van der Waals surface area (Å²) in [6, 6.07) is 9.40. The van der Waals surface area contributed by atoms with E-state index in [0.29, 0.717) is 0 Å². The second kappa shape index (κ2) is 10.5. The maximum absolute atomic E-state index is 12.5. The van der Waals surface area contributed by atoms with Gasteiger partial charge in [0.1, 0.15) is 0 Å². The average Bonchev–Trinajstić information content (AvgIpc) is 2.55. The minimum atomic E-state index is -4.12. The van der Waals surface area contributed by atoms with Crippen molar-refractivity contribution < 1.29 is 13.0 Å². The molecule has 0 aliphatic rings. The number of rotatable bonds is 12. The molecule has 0 heterocycles. The molecule has 1 aromatic carbocycles. The lowest BCUT2D eigenvalue weighted by Crippen LogP contribution is -2.23. The fourth-order valence-corrected chi connectivity index (χ4v) is 12.2. The van der Waals surface area contributed by atoms with Crippen molar-refractivity contribution in [3.63, 3.8) is 0 Å². The second-order valence-corrected chi connectivity index (χ2v) is 12.9. The first kappa shape index (κ1) is 21.6. The van der Waals surface area contributed by atoms with Crippen molar-refractivity contribution in [2.75, 3.05) is 18.5 Å². The summed E-state index contributed by atoms with van der Waals surface area (Å²) >= 11 is 0. The summed E-state index contributed by atoms with van der Waals surface area (Å²) in [5.41, 5.74) is 0.775. The molecule has 1 atom stereocenters. The first-order valence-corrected chi connectivity index (χ1v) is 13.2. The monoisotopic (exact) mass is 373 g/mol. The molecule has 0 fully saturated rings.